The van der Waals surface area contributed by atoms with Gasteiger partial charge in [-0.2, -0.15) is 5.26 Å². The Morgan fingerprint density at radius 3 is 2.17 bits per heavy atom. The van der Waals surface area contributed by atoms with Crippen LogP contribution >= 0.6 is 0 Å². The van der Waals surface area contributed by atoms with Crippen LogP contribution in [0.2, 0.25) is 0 Å². The lowest BCUT2D eigenvalue weighted by Gasteiger charge is -2.09. The lowest BCUT2D eigenvalue weighted by atomic mass is 9.94. The summed E-state index contributed by atoms with van der Waals surface area (Å²) in [5.41, 5.74) is 0.0593. The molecule has 2 N–H and O–H groups in total. The van der Waals surface area contributed by atoms with E-state index >= 15 is 0 Å². The summed E-state index contributed by atoms with van der Waals surface area (Å²) in [7, 11) is 0. The molecule has 18 heavy (non-hydrogen) atoms. The number of allylic oxidation sites excluding steroid dienone is 1. The van der Waals surface area contributed by atoms with Gasteiger partial charge in [0, 0.05) is 0 Å². The molecule has 0 fully saturated rings. The molecule has 0 unspecified atom stereocenters. The minimum Gasteiger partial charge on any atom is -0.478 e. The molecule has 0 saturated heterocycles. The predicted octanol–water partition coefficient (Wildman–Crippen LogP) is 2.16. The number of carboxylic acid groups (broad SMARTS) is 2. The Labute approximate surface area is 104 Å². The van der Waals surface area contributed by atoms with E-state index in [4.69, 9.17) is 15.5 Å². The number of nitrogens with zero attached hydrogens (tertiary/aromatic N) is 1. The van der Waals surface area contributed by atoms with Crippen molar-refractivity contribution >= 4 is 17.5 Å². The lowest BCUT2D eigenvalue weighted by Crippen LogP contribution is -2.06. The third-order valence-electron chi connectivity index (χ3n) is 2.46. The Morgan fingerprint density at radius 1 is 1.22 bits per heavy atom. The van der Waals surface area contributed by atoms with E-state index in [1.165, 1.54) is 12.1 Å². The molecule has 0 aliphatic carbocycles. The van der Waals surface area contributed by atoms with Crippen LogP contribution in [0.3, 0.4) is 0 Å². The molecule has 0 atom stereocenters. The molecule has 0 amide bonds. The fraction of sp³-hybridized carbons (Fsp3) is 0.154. The van der Waals surface area contributed by atoms with Crippen LogP contribution < -0.4 is 0 Å². The first-order valence-corrected chi connectivity index (χ1v) is 5.22. The normalized spacial score (nSPS) is 11.3. The van der Waals surface area contributed by atoms with Crippen LogP contribution in [0.1, 0.15) is 29.3 Å². The summed E-state index contributed by atoms with van der Waals surface area (Å²) in [5.74, 6) is -2.51. The van der Waals surface area contributed by atoms with Gasteiger partial charge < -0.3 is 10.2 Å². The van der Waals surface area contributed by atoms with Gasteiger partial charge in [0.2, 0.25) is 0 Å². The van der Waals surface area contributed by atoms with Crippen molar-refractivity contribution < 1.29 is 19.8 Å². The van der Waals surface area contributed by atoms with Crippen molar-refractivity contribution in [3.63, 3.8) is 0 Å². The Hall–Kier alpha value is -2.61. The van der Waals surface area contributed by atoms with E-state index in [0.717, 1.165) is 0 Å². The van der Waals surface area contributed by atoms with Crippen LogP contribution in [0, 0.1) is 11.3 Å². The van der Waals surface area contributed by atoms with Crippen molar-refractivity contribution in [1.82, 2.24) is 0 Å². The number of nitriles is 1. The van der Waals surface area contributed by atoms with Crippen molar-refractivity contribution in [3.05, 3.63) is 41.0 Å². The smallest absolute Gasteiger partial charge is 0.346 e. The molecule has 1 aromatic rings. The summed E-state index contributed by atoms with van der Waals surface area (Å²) >= 11 is 0. The van der Waals surface area contributed by atoms with Gasteiger partial charge in [0.25, 0.3) is 0 Å². The van der Waals surface area contributed by atoms with Gasteiger partial charge in [-0.05, 0) is 23.6 Å². The number of carbonyl (C=O) groups is 2. The van der Waals surface area contributed by atoms with Crippen LogP contribution in [-0.4, -0.2) is 22.2 Å². The summed E-state index contributed by atoms with van der Waals surface area (Å²) in [6.45, 7) is 1.67. The Balaban J connectivity index is 3.58. The maximum absolute atomic E-state index is 11.1. The molecule has 0 aromatic heterocycles. The second kappa shape index (κ2) is 5.64. The Kier molecular flexibility index (Phi) is 4.22. The second-order valence-corrected chi connectivity index (χ2v) is 3.47. The maximum atomic E-state index is 11.1. The van der Waals surface area contributed by atoms with Crippen molar-refractivity contribution in [2.24, 2.45) is 0 Å². The average Bonchev–Trinajstić information content (AvgIpc) is 2.35. The number of aromatic carboxylic acids is 1. The quantitative estimate of drug-likeness (QED) is 0.625. The van der Waals surface area contributed by atoms with Crippen LogP contribution in [0.25, 0.3) is 5.57 Å². The van der Waals surface area contributed by atoms with E-state index in [0.29, 0.717) is 0 Å². The zero-order chi connectivity index (χ0) is 13.7. The molecule has 5 nitrogen and oxygen atoms in total. The van der Waals surface area contributed by atoms with E-state index in [9.17, 15) is 9.59 Å². The van der Waals surface area contributed by atoms with E-state index < -0.39 is 17.5 Å². The first kappa shape index (κ1) is 13.5. The summed E-state index contributed by atoms with van der Waals surface area (Å²) in [4.78, 5) is 22.0. The fourth-order valence-corrected chi connectivity index (χ4v) is 1.68. The van der Waals surface area contributed by atoms with Gasteiger partial charge in [-0.3, -0.25) is 0 Å². The van der Waals surface area contributed by atoms with Crippen molar-refractivity contribution in [2.75, 3.05) is 0 Å². The molecular formula is C13H11NO4. The number of rotatable bonds is 4. The summed E-state index contributed by atoms with van der Waals surface area (Å²) in [6, 6.07) is 7.64. The highest BCUT2D eigenvalue weighted by atomic mass is 16.4. The highest BCUT2D eigenvalue weighted by molar-refractivity contribution is 6.03. The largest absolute Gasteiger partial charge is 0.478 e. The second-order valence-electron chi connectivity index (χ2n) is 3.47. The van der Waals surface area contributed by atoms with E-state index in [1.807, 2.05) is 0 Å². The molecule has 0 heterocycles. The number of benzene rings is 1. The topological polar surface area (TPSA) is 98.4 Å². The molecule has 92 valence electrons. The molecule has 1 rings (SSSR count). The van der Waals surface area contributed by atoms with E-state index in [1.54, 1.807) is 25.1 Å². The Morgan fingerprint density at radius 2 is 1.78 bits per heavy atom. The van der Waals surface area contributed by atoms with Crippen molar-refractivity contribution in [1.29, 1.82) is 5.26 Å². The first-order chi connectivity index (χ1) is 8.52. The van der Waals surface area contributed by atoms with Gasteiger partial charge in [-0.15, -0.1) is 0 Å². The summed E-state index contributed by atoms with van der Waals surface area (Å²) in [6.07, 6.45) is 0.263. The zero-order valence-electron chi connectivity index (χ0n) is 9.67. The van der Waals surface area contributed by atoms with Crippen LogP contribution in [0.15, 0.2) is 29.8 Å². The van der Waals surface area contributed by atoms with Crippen LogP contribution in [-0.2, 0) is 4.79 Å². The summed E-state index contributed by atoms with van der Waals surface area (Å²) < 4.78 is 0. The SMILES string of the molecule is CCC(=C(C#N)C(=O)O)c1ccccc1C(=O)O. The lowest BCUT2D eigenvalue weighted by molar-refractivity contribution is -0.132. The maximum Gasteiger partial charge on any atom is 0.346 e. The van der Waals surface area contributed by atoms with Gasteiger partial charge in [0.15, 0.2) is 0 Å². The van der Waals surface area contributed by atoms with Gasteiger partial charge in [-0.25, -0.2) is 9.59 Å². The van der Waals surface area contributed by atoms with E-state index in [-0.39, 0.29) is 23.1 Å². The summed E-state index contributed by atoms with van der Waals surface area (Å²) in [5, 5.41) is 26.8. The molecular weight excluding hydrogens is 234 g/mol. The minimum atomic E-state index is -1.35. The van der Waals surface area contributed by atoms with Gasteiger partial charge >= 0.3 is 11.9 Å². The number of hydrogen-bond donors (Lipinski definition) is 2. The highest BCUT2D eigenvalue weighted by Crippen LogP contribution is 2.25. The molecule has 0 radical (unpaired) electrons. The minimum absolute atomic E-state index is 0.0108. The average molecular weight is 245 g/mol. The molecule has 1 aromatic carbocycles. The third-order valence-corrected chi connectivity index (χ3v) is 2.46. The number of hydrogen-bond acceptors (Lipinski definition) is 3. The van der Waals surface area contributed by atoms with Crippen LogP contribution in [0.4, 0.5) is 0 Å². The molecule has 0 spiro atoms. The van der Waals surface area contributed by atoms with Gasteiger partial charge in [0.05, 0.1) is 5.56 Å². The molecule has 0 saturated carbocycles. The van der Waals surface area contributed by atoms with Crippen molar-refractivity contribution in [2.45, 2.75) is 13.3 Å². The third kappa shape index (κ3) is 2.55. The number of aliphatic carboxylic acids is 1. The zero-order valence-corrected chi connectivity index (χ0v) is 9.67. The molecule has 0 aliphatic rings. The molecule has 5 heteroatoms. The van der Waals surface area contributed by atoms with Gasteiger partial charge in [0.1, 0.15) is 11.6 Å². The molecule has 0 bridgehead atoms. The van der Waals surface area contributed by atoms with E-state index in [2.05, 4.69) is 0 Å². The van der Waals surface area contributed by atoms with Crippen molar-refractivity contribution in [3.8, 4) is 6.07 Å². The Bertz CT molecular complexity index is 567. The highest BCUT2D eigenvalue weighted by Gasteiger charge is 2.19. The number of carboxylic acids is 2. The standard InChI is InChI=1S/C13H11NO4/c1-2-8(11(7-14)13(17)18)9-5-3-4-6-10(9)12(15)16/h3-6H,2H2,1H3,(H,15,16)(H,17,18). The first-order valence-electron chi connectivity index (χ1n) is 5.22. The fourth-order valence-electron chi connectivity index (χ4n) is 1.68. The predicted molar refractivity (Wildman–Crippen MR) is 63.9 cm³/mol. The monoisotopic (exact) mass is 245 g/mol. The molecule has 0 aliphatic heterocycles. The van der Waals surface area contributed by atoms with Gasteiger partial charge in [-0.1, -0.05) is 25.1 Å². The van der Waals surface area contributed by atoms with Crippen LogP contribution in [0.5, 0.6) is 0 Å².